The number of carbonyl (C=O) groups is 3. The number of hydrogen-bond acceptors (Lipinski definition) is 6. The summed E-state index contributed by atoms with van der Waals surface area (Å²) in [5.41, 5.74) is 2.27. The number of rotatable bonds is 8. The van der Waals surface area contributed by atoms with Crippen molar-refractivity contribution in [3.63, 3.8) is 0 Å². The van der Waals surface area contributed by atoms with Crippen LogP contribution in [0, 0.1) is 6.92 Å². The van der Waals surface area contributed by atoms with Gasteiger partial charge in [-0.3, -0.25) is 9.59 Å². The van der Waals surface area contributed by atoms with Gasteiger partial charge in [-0.1, -0.05) is 48.0 Å². The molecule has 3 aromatic carbocycles. The van der Waals surface area contributed by atoms with Crippen LogP contribution in [0.5, 0.6) is 0 Å². The predicted octanol–water partition coefficient (Wildman–Crippen LogP) is 6.86. The summed E-state index contributed by atoms with van der Waals surface area (Å²) in [5, 5.41) is 4.18. The lowest BCUT2D eigenvalue weighted by Gasteiger charge is -2.16. The van der Waals surface area contributed by atoms with Crippen LogP contribution in [0.4, 0.5) is 11.4 Å². The van der Waals surface area contributed by atoms with Crippen LogP contribution in [0.1, 0.15) is 29.3 Å². The first kappa shape index (κ1) is 25.8. The third kappa shape index (κ3) is 5.59. The minimum absolute atomic E-state index is 0.131. The number of esters is 1. The Hall–Kier alpha value is -3.26. The lowest BCUT2D eigenvalue weighted by molar-refractivity contribution is -0.120. The number of aryl methyl sites for hydroxylation is 1. The Morgan fingerprint density at radius 2 is 1.67 bits per heavy atom. The Morgan fingerprint density at radius 3 is 2.31 bits per heavy atom. The van der Waals surface area contributed by atoms with Crippen molar-refractivity contribution in [2.24, 2.45) is 0 Å². The van der Waals surface area contributed by atoms with Crippen molar-refractivity contribution in [1.82, 2.24) is 0 Å². The molecule has 0 unspecified atom stereocenters. The van der Waals surface area contributed by atoms with Crippen molar-refractivity contribution < 1.29 is 19.1 Å². The van der Waals surface area contributed by atoms with E-state index in [0.29, 0.717) is 40.0 Å². The van der Waals surface area contributed by atoms with Gasteiger partial charge in [0.2, 0.25) is 0 Å². The van der Waals surface area contributed by atoms with Crippen LogP contribution in [0.25, 0.3) is 0 Å². The number of nitrogens with zero attached hydrogens (tertiary/aromatic N) is 1. The van der Waals surface area contributed by atoms with Gasteiger partial charge in [-0.05, 0) is 79.6 Å². The molecule has 184 valence electrons. The fourth-order valence-corrected chi connectivity index (χ4v) is 4.64. The van der Waals surface area contributed by atoms with E-state index in [1.54, 1.807) is 48.5 Å². The van der Waals surface area contributed by atoms with Crippen molar-refractivity contribution in [2.75, 3.05) is 16.8 Å². The van der Waals surface area contributed by atoms with E-state index in [0.717, 1.165) is 27.1 Å². The van der Waals surface area contributed by atoms with E-state index in [2.05, 4.69) is 5.32 Å². The smallest absolute Gasteiger partial charge is 0.338 e. The van der Waals surface area contributed by atoms with Gasteiger partial charge in [-0.25, -0.2) is 9.69 Å². The maximum atomic E-state index is 13.5. The summed E-state index contributed by atoms with van der Waals surface area (Å²) in [6, 6.07) is 18.5. The van der Waals surface area contributed by atoms with Crippen molar-refractivity contribution in [3.05, 3.63) is 98.5 Å². The van der Waals surface area contributed by atoms with Gasteiger partial charge in [0, 0.05) is 20.6 Å². The minimum Gasteiger partial charge on any atom is -0.462 e. The molecular formula is C27H22Cl2N2O4S. The molecule has 6 nitrogen and oxygen atoms in total. The second kappa shape index (κ2) is 11.2. The van der Waals surface area contributed by atoms with Gasteiger partial charge >= 0.3 is 5.97 Å². The highest BCUT2D eigenvalue weighted by Gasteiger charge is 2.40. The molecule has 9 heteroatoms. The average molecular weight is 541 g/mol. The number of halogens is 2. The lowest BCUT2D eigenvalue weighted by Crippen LogP contribution is -2.32. The molecule has 0 radical (unpaired) electrons. The third-order valence-electron chi connectivity index (χ3n) is 5.31. The zero-order valence-electron chi connectivity index (χ0n) is 19.5. The molecule has 1 heterocycles. The van der Waals surface area contributed by atoms with Crippen LogP contribution in [-0.4, -0.2) is 24.4 Å². The highest BCUT2D eigenvalue weighted by Crippen LogP contribution is 2.38. The van der Waals surface area contributed by atoms with E-state index in [-0.39, 0.29) is 10.6 Å². The van der Waals surface area contributed by atoms with Crippen molar-refractivity contribution in [3.8, 4) is 0 Å². The molecule has 36 heavy (non-hydrogen) atoms. The lowest BCUT2D eigenvalue weighted by atomic mass is 10.2. The Morgan fingerprint density at radius 1 is 0.972 bits per heavy atom. The molecule has 1 aliphatic heterocycles. The molecule has 0 atom stereocenters. The van der Waals surface area contributed by atoms with Crippen molar-refractivity contribution in [2.45, 2.75) is 25.2 Å². The van der Waals surface area contributed by atoms with Gasteiger partial charge in [-0.15, -0.1) is 0 Å². The van der Waals surface area contributed by atoms with Crippen LogP contribution < -0.4 is 10.2 Å². The molecule has 0 fully saturated rings. The average Bonchev–Trinajstić information content (AvgIpc) is 3.10. The van der Waals surface area contributed by atoms with Gasteiger partial charge in [0.05, 0.1) is 17.9 Å². The monoisotopic (exact) mass is 540 g/mol. The molecule has 1 N–H and O–H groups in total. The summed E-state index contributed by atoms with van der Waals surface area (Å²) in [6.07, 6.45) is 0.711. The first-order valence-corrected chi connectivity index (χ1v) is 12.7. The molecule has 0 spiro atoms. The van der Waals surface area contributed by atoms with E-state index < -0.39 is 17.8 Å². The number of ether oxygens (including phenoxy) is 1. The largest absolute Gasteiger partial charge is 0.462 e. The van der Waals surface area contributed by atoms with E-state index in [1.165, 1.54) is 12.1 Å². The van der Waals surface area contributed by atoms with Gasteiger partial charge in [0.15, 0.2) is 0 Å². The molecule has 3 aromatic rings. The summed E-state index contributed by atoms with van der Waals surface area (Å²) in [6.45, 7) is 4.10. The normalized spacial score (nSPS) is 13.4. The molecule has 0 aliphatic carbocycles. The number of carbonyl (C=O) groups excluding carboxylic acids is 3. The van der Waals surface area contributed by atoms with E-state index in [4.69, 9.17) is 27.9 Å². The number of amides is 2. The van der Waals surface area contributed by atoms with Gasteiger partial charge in [0.25, 0.3) is 11.8 Å². The second-order valence-corrected chi connectivity index (χ2v) is 9.90. The summed E-state index contributed by atoms with van der Waals surface area (Å²) < 4.78 is 5.15. The highest BCUT2D eigenvalue weighted by atomic mass is 35.5. The zero-order chi connectivity index (χ0) is 25.8. The molecule has 4 rings (SSSR count). The van der Waals surface area contributed by atoms with Gasteiger partial charge < -0.3 is 10.1 Å². The van der Waals surface area contributed by atoms with Gasteiger partial charge in [-0.2, -0.15) is 0 Å². The Bertz CT molecular complexity index is 1360. The number of imide groups is 1. The standard InChI is InChI=1S/C27H22Cl2N2O4S/c1-3-14-35-27(34)17-5-10-20(11-6-17)31-25(32)23(30-19-9-4-16(2)22(29)15-19)24(26(31)33)36-21-12-7-18(28)8-13-21/h4-13,15,30H,3,14H2,1-2H3. The number of anilines is 2. The SMILES string of the molecule is CCCOC(=O)c1ccc(N2C(=O)C(Nc3ccc(C)c(Cl)c3)=C(Sc3ccc(Cl)cc3)C2=O)cc1. The summed E-state index contributed by atoms with van der Waals surface area (Å²) in [7, 11) is 0. The zero-order valence-corrected chi connectivity index (χ0v) is 21.8. The summed E-state index contributed by atoms with van der Waals surface area (Å²) in [5.74, 6) is -1.46. The number of benzene rings is 3. The van der Waals surface area contributed by atoms with Crippen LogP contribution in [0.15, 0.2) is 82.2 Å². The highest BCUT2D eigenvalue weighted by molar-refractivity contribution is 8.04. The van der Waals surface area contributed by atoms with Crippen LogP contribution >= 0.6 is 35.0 Å². The molecule has 2 amide bonds. The minimum atomic E-state index is -0.519. The van der Waals surface area contributed by atoms with Crippen LogP contribution in [0.2, 0.25) is 10.0 Å². The Labute approximate surface area is 223 Å². The Kier molecular flexibility index (Phi) is 8.04. The predicted molar refractivity (Wildman–Crippen MR) is 144 cm³/mol. The molecule has 0 aromatic heterocycles. The molecule has 0 saturated carbocycles. The first-order valence-electron chi connectivity index (χ1n) is 11.2. The number of nitrogens with one attached hydrogen (secondary N) is 1. The van der Waals surface area contributed by atoms with E-state index in [1.807, 2.05) is 19.9 Å². The van der Waals surface area contributed by atoms with Gasteiger partial charge in [0.1, 0.15) is 10.6 Å². The molecule has 0 saturated heterocycles. The third-order valence-corrected chi connectivity index (χ3v) is 7.06. The maximum absolute atomic E-state index is 13.5. The molecule has 1 aliphatic rings. The molecule has 0 bridgehead atoms. The van der Waals surface area contributed by atoms with Crippen LogP contribution in [0.3, 0.4) is 0 Å². The second-order valence-electron chi connectivity index (χ2n) is 7.98. The number of hydrogen-bond donors (Lipinski definition) is 1. The first-order chi connectivity index (χ1) is 17.3. The summed E-state index contributed by atoms with van der Waals surface area (Å²) >= 11 is 13.4. The molecular weight excluding hydrogens is 519 g/mol. The van der Waals surface area contributed by atoms with E-state index >= 15 is 0 Å². The van der Waals surface area contributed by atoms with Crippen LogP contribution in [-0.2, 0) is 14.3 Å². The topological polar surface area (TPSA) is 75.7 Å². The fourth-order valence-electron chi connectivity index (χ4n) is 3.41. The van der Waals surface area contributed by atoms with E-state index in [9.17, 15) is 14.4 Å². The number of thioether (sulfide) groups is 1. The van der Waals surface area contributed by atoms with Crippen molar-refractivity contribution in [1.29, 1.82) is 0 Å². The maximum Gasteiger partial charge on any atom is 0.338 e. The Balaban J connectivity index is 1.67. The quantitative estimate of drug-likeness (QED) is 0.248. The van der Waals surface area contributed by atoms with Crippen molar-refractivity contribution >= 4 is 64.1 Å². The fraction of sp³-hybridized carbons (Fsp3) is 0.148. The summed E-state index contributed by atoms with van der Waals surface area (Å²) in [4.78, 5) is 41.2.